The van der Waals surface area contributed by atoms with Crippen molar-refractivity contribution in [1.82, 2.24) is 4.90 Å². The van der Waals surface area contributed by atoms with Crippen molar-refractivity contribution < 1.29 is 9.59 Å². The van der Waals surface area contributed by atoms with Gasteiger partial charge in [0.2, 0.25) is 11.8 Å². The van der Waals surface area contributed by atoms with Gasteiger partial charge >= 0.3 is 0 Å². The fourth-order valence-electron chi connectivity index (χ4n) is 2.35. The van der Waals surface area contributed by atoms with Crippen molar-refractivity contribution in [3.8, 4) is 0 Å². The second-order valence-electron chi connectivity index (χ2n) is 5.07. The molecule has 0 radical (unpaired) electrons. The molecule has 1 N–H and O–H groups in total. The molecule has 1 aromatic rings. The van der Waals surface area contributed by atoms with Gasteiger partial charge in [-0.3, -0.25) is 9.59 Å². The van der Waals surface area contributed by atoms with Crippen LogP contribution >= 0.6 is 23.2 Å². The Balaban J connectivity index is 1.97. The second kappa shape index (κ2) is 6.67. The van der Waals surface area contributed by atoms with Crippen molar-refractivity contribution in [3.05, 3.63) is 28.2 Å². The molecule has 0 aromatic heterocycles. The van der Waals surface area contributed by atoms with E-state index in [1.54, 1.807) is 23.1 Å². The summed E-state index contributed by atoms with van der Waals surface area (Å²) in [7, 11) is 0. The maximum absolute atomic E-state index is 12.2. The van der Waals surface area contributed by atoms with E-state index in [4.69, 9.17) is 23.2 Å². The number of hydrogen-bond acceptors (Lipinski definition) is 2. The third-order valence-electron chi connectivity index (χ3n) is 3.71. The Hall–Kier alpha value is -1.26. The fourth-order valence-corrected chi connectivity index (χ4v) is 2.68. The van der Waals surface area contributed by atoms with Crippen molar-refractivity contribution in [2.75, 3.05) is 18.4 Å². The van der Waals surface area contributed by atoms with E-state index in [9.17, 15) is 9.59 Å². The molecule has 21 heavy (non-hydrogen) atoms. The average molecular weight is 329 g/mol. The van der Waals surface area contributed by atoms with E-state index in [1.807, 2.05) is 13.8 Å². The van der Waals surface area contributed by atoms with Crippen LogP contribution in [0.2, 0.25) is 10.0 Å². The summed E-state index contributed by atoms with van der Waals surface area (Å²) in [4.78, 5) is 26.1. The topological polar surface area (TPSA) is 49.4 Å². The molecule has 1 fully saturated rings. The van der Waals surface area contributed by atoms with Gasteiger partial charge in [0.15, 0.2) is 0 Å². The number of anilines is 1. The quantitative estimate of drug-likeness (QED) is 0.900. The van der Waals surface area contributed by atoms with Crippen LogP contribution in [-0.4, -0.2) is 29.8 Å². The summed E-state index contributed by atoms with van der Waals surface area (Å²) < 4.78 is 0. The Kier molecular flexibility index (Phi) is 5.12. The van der Waals surface area contributed by atoms with E-state index in [2.05, 4.69) is 5.32 Å². The highest BCUT2D eigenvalue weighted by Gasteiger charge is 2.49. The minimum absolute atomic E-state index is 0.0531. The second-order valence-corrected chi connectivity index (χ2v) is 5.92. The standard InChI is InChI=1S/C15H18Cl2N2O2/c1-3-19(4-2)15(21)11-8-10(11)14(20)18-13-7-9(16)5-6-12(13)17/h5-7,10-11H,3-4,8H2,1-2H3,(H,18,20). The Morgan fingerprint density at radius 2 is 1.90 bits per heavy atom. The van der Waals surface area contributed by atoms with Crippen molar-refractivity contribution in [1.29, 1.82) is 0 Å². The molecule has 0 bridgehead atoms. The van der Waals surface area contributed by atoms with Gasteiger partial charge in [-0.15, -0.1) is 0 Å². The number of amides is 2. The fraction of sp³-hybridized carbons (Fsp3) is 0.467. The van der Waals surface area contributed by atoms with Crippen LogP contribution in [0.1, 0.15) is 20.3 Å². The van der Waals surface area contributed by atoms with Gasteiger partial charge in [-0.1, -0.05) is 23.2 Å². The number of hydrogen-bond donors (Lipinski definition) is 1. The number of benzene rings is 1. The van der Waals surface area contributed by atoms with Crippen LogP contribution in [0.3, 0.4) is 0 Å². The molecule has 1 aromatic carbocycles. The van der Waals surface area contributed by atoms with Gasteiger partial charge in [-0.25, -0.2) is 0 Å². The third kappa shape index (κ3) is 3.69. The SMILES string of the molecule is CCN(CC)C(=O)C1CC1C(=O)Nc1cc(Cl)ccc1Cl. The first-order valence-corrected chi connectivity index (χ1v) is 7.78. The summed E-state index contributed by atoms with van der Waals surface area (Å²) in [5.41, 5.74) is 0.482. The molecule has 0 aliphatic heterocycles. The number of nitrogens with one attached hydrogen (secondary N) is 1. The normalized spacial score (nSPS) is 20.0. The van der Waals surface area contributed by atoms with E-state index in [-0.39, 0.29) is 23.7 Å². The molecule has 2 rings (SSSR count). The summed E-state index contributed by atoms with van der Waals surface area (Å²) in [6, 6.07) is 4.89. The zero-order valence-corrected chi connectivity index (χ0v) is 13.5. The zero-order chi connectivity index (χ0) is 15.6. The van der Waals surface area contributed by atoms with Gasteiger partial charge in [0, 0.05) is 18.1 Å². The minimum Gasteiger partial charge on any atom is -0.343 e. The monoisotopic (exact) mass is 328 g/mol. The number of carbonyl (C=O) groups excluding carboxylic acids is 2. The molecule has 2 amide bonds. The summed E-state index contributed by atoms with van der Waals surface area (Å²) in [6.45, 7) is 5.20. The molecule has 1 aliphatic rings. The third-order valence-corrected chi connectivity index (χ3v) is 4.27. The first-order valence-electron chi connectivity index (χ1n) is 7.02. The van der Waals surface area contributed by atoms with Gasteiger partial charge in [0.25, 0.3) is 0 Å². The Bertz CT molecular complexity index is 559. The number of rotatable bonds is 5. The van der Waals surface area contributed by atoms with Crippen molar-refractivity contribution in [2.24, 2.45) is 11.8 Å². The summed E-state index contributed by atoms with van der Waals surface area (Å²) in [5, 5.41) is 3.68. The predicted molar refractivity (Wildman–Crippen MR) is 84.6 cm³/mol. The van der Waals surface area contributed by atoms with Crippen LogP contribution in [0.15, 0.2) is 18.2 Å². The lowest BCUT2D eigenvalue weighted by molar-refractivity contribution is -0.133. The van der Waals surface area contributed by atoms with Crippen molar-refractivity contribution in [2.45, 2.75) is 20.3 Å². The highest BCUT2D eigenvalue weighted by Crippen LogP contribution is 2.41. The zero-order valence-electron chi connectivity index (χ0n) is 12.0. The lowest BCUT2D eigenvalue weighted by Crippen LogP contribution is -2.33. The highest BCUT2D eigenvalue weighted by molar-refractivity contribution is 6.35. The first-order chi connectivity index (χ1) is 9.97. The number of nitrogens with zero attached hydrogens (tertiary/aromatic N) is 1. The maximum Gasteiger partial charge on any atom is 0.228 e. The van der Waals surface area contributed by atoms with E-state index in [0.717, 1.165) is 0 Å². The van der Waals surface area contributed by atoms with E-state index in [0.29, 0.717) is 35.2 Å². The van der Waals surface area contributed by atoms with Gasteiger partial charge in [0.1, 0.15) is 0 Å². The summed E-state index contributed by atoms with van der Waals surface area (Å²) in [6.07, 6.45) is 0.597. The van der Waals surface area contributed by atoms with Crippen LogP contribution in [-0.2, 0) is 9.59 Å². The molecule has 1 saturated carbocycles. The molecular formula is C15H18Cl2N2O2. The van der Waals surface area contributed by atoms with Crippen LogP contribution < -0.4 is 5.32 Å². The van der Waals surface area contributed by atoms with Crippen LogP contribution in [0.25, 0.3) is 0 Å². The Morgan fingerprint density at radius 3 is 2.52 bits per heavy atom. The number of halogens is 2. The Morgan fingerprint density at radius 1 is 1.24 bits per heavy atom. The highest BCUT2D eigenvalue weighted by atomic mass is 35.5. The summed E-state index contributed by atoms with van der Waals surface area (Å²) in [5.74, 6) is -0.599. The molecule has 0 spiro atoms. The molecule has 0 heterocycles. The van der Waals surface area contributed by atoms with Gasteiger partial charge in [0.05, 0.1) is 22.5 Å². The van der Waals surface area contributed by atoms with Crippen molar-refractivity contribution in [3.63, 3.8) is 0 Å². The van der Waals surface area contributed by atoms with Gasteiger partial charge < -0.3 is 10.2 Å². The lowest BCUT2D eigenvalue weighted by Gasteiger charge is -2.18. The predicted octanol–water partition coefficient (Wildman–Crippen LogP) is 3.44. The molecular weight excluding hydrogens is 311 g/mol. The Labute approximate surface area is 134 Å². The molecule has 114 valence electrons. The summed E-state index contributed by atoms with van der Waals surface area (Å²) >= 11 is 11.9. The number of carbonyl (C=O) groups is 2. The van der Waals surface area contributed by atoms with Crippen LogP contribution in [0.5, 0.6) is 0 Å². The van der Waals surface area contributed by atoms with E-state index in [1.165, 1.54) is 0 Å². The minimum atomic E-state index is -0.270. The van der Waals surface area contributed by atoms with E-state index >= 15 is 0 Å². The first kappa shape index (κ1) is 16.1. The molecule has 1 aliphatic carbocycles. The smallest absolute Gasteiger partial charge is 0.228 e. The molecule has 6 heteroatoms. The molecule has 4 nitrogen and oxygen atoms in total. The molecule has 2 atom stereocenters. The largest absolute Gasteiger partial charge is 0.343 e. The van der Waals surface area contributed by atoms with Gasteiger partial charge in [-0.05, 0) is 38.5 Å². The van der Waals surface area contributed by atoms with Crippen LogP contribution in [0, 0.1) is 11.8 Å². The molecule has 0 saturated heterocycles. The lowest BCUT2D eigenvalue weighted by atomic mass is 10.2. The maximum atomic E-state index is 12.2. The molecule has 2 unspecified atom stereocenters. The van der Waals surface area contributed by atoms with Crippen LogP contribution in [0.4, 0.5) is 5.69 Å². The van der Waals surface area contributed by atoms with Crippen molar-refractivity contribution >= 4 is 40.7 Å². The van der Waals surface area contributed by atoms with Gasteiger partial charge in [-0.2, -0.15) is 0 Å². The van der Waals surface area contributed by atoms with E-state index < -0.39 is 0 Å². The average Bonchev–Trinajstić information content (AvgIpc) is 3.24.